The summed E-state index contributed by atoms with van der Waals surface area (Å²) in [6.07, 6.45) is 0. The van der Waals surface area contributed by atoms with Gasteiger partial charge in [-0.15, -0.1) is 0 Å². The molecule has 0 amide bonds. The molecule has 140 valence electrons. The molecule has 0 spiro atoms. The van der Waals surface area contributed by atoms with Gasteiger partial charge < -0.3 is 9.64 Å². The van der Waals surface area contributed by atoms with Gasteiger partial charge in [-0.1, -0.05) is 17.7 Å². The van der Waals surface area contributed by atoms with Crippen LogP contribution in [0.1, 0.15) is 16.7 Å². The Morgan fingerprint density at radius 3 is 2.27 bits per heavy atom. The van der Waals surface area contributed by atoms with Gasteiger partial charge in [-0.25, -0.2) is 12.8 Å². The zero-order valence-electron chi connectivity index (χ0n) is 15.2. The highest BCUT2D eigenvalue weighted by Crippen LogP contribution is 2.28. The van der Waals surface area contributed by atoms with Crippen LogP contribution >= 0.6 is 0 Å². The average Bonchev–Trinajstić information content (AvgIpc) is 2.56. The van der Waals surface area contributed by atoms with Crippen molar-refractivity contribution in [1.29, 1.82) is 0 Å². The maximum absolute atomic E-state index is 14.3. The van der Waals surface area contributed by atoms with E-state index in [4.69, 9.17) is 4.74 Å². The first-order valence-electron chi connectivity index (χ1n) is 8.51. The largest absolute Gasteiger partial charge is 0.378 e. The number of anilines is 2. The Labute approximate surface area is 153 Å². The number of morpholine rings is 1. The predicted octanol–water partition coefficient (Wildman–Crippen LogP) is 3.39. The van der Waals surface area contributed by atoms with Gasteiger partial charge in [0.05, 0.1) is 23.8 Å². The summed E-state index contributed by atoms with van der Waals surface area (Å²) in [4.78, 5) is 2.24. The second-order valence-electron chi connectivity index (χ2n) is 6.60. The van der Waals surface area contributed by atoms with Gasteiger partial charge in [-0.2, -0.15) is 0 Å². The highest BCUT2D eigenvalue weighted by Gasteiger charge is 2.22. The molecule has 0 unspecified atom stereocenters. The van der Waals surface area contributed by atoms with E-state index in [1.807, 2.05) is 24.0 Å². The highest BCUT2D eigenvalue weighted by molar-refractivity contribution is 7.92. The Morgan fingerprint density at radius 2 is 1.65 bits per heavy atom. The van der Waals surface area contributed by atoms with Crippen molar-refractivity contribution in [3.8, 4) is 0 Å². The van der Waals surface area contributed by atoms with Crippen molar-refractivity contribution in [2.75, 3.05) is 35.9 Å². The number of sulfonamides is 1. The average molecular weight is 378 g/mol. The second-order valence-corrected chi connectivity index (χ2v) is 8.22. The Bertz CT molecular complexity index is 899. The molecule has 2 aromatic rings. The van der Waals surface area contributed by atoms with Gasteiger partial charge in [0.25, 0.3) is 10.0 Å². The molecule has 5 nitrogen and oxygen atoms in total. The van der Waals surface area contributed by atoms with Gasteiger partial charge in [0.2, 0.25) is 0 Å². The first-order chi connectivity index (χ1) is 12.3. The zero-order chi connectivity index (χ0) is 18.9. The fourth-order valence-corrected chi connectivity index (χ4v) is 4.91. The number of aryl methyl sites for hydroxylation is 3. The molecule has 1 aliphatic heterocycles. The molecule has 2 aromatic carbocycles. The lowest BCUT2D eigenvalue weighted by molar-refractivity contribution is 0.122. The van der Waals surface area contributed by atoms with E-state index in [1.165, 1.54) is 12.1 Å². The summed E-state index contributed by atoms with van der Waals surface area (Å²) < 4.78 is 47.8. The van der Waals surface area contributed by atoms with E-state index in [1.54, 1.807) is 19.9 Å². The minimum absolute atomic E-state index is 0.0478. The molecule has 1 fully saturated rings. The van der Waals surface area contributed by atoms with Gasteiger partial charge >= 0.3 is 0 Å². The molecule has 0 bridgehead atoms. The van der Waals surface area contributed by atoms with E-state index in [2.05, 4.69) is 4.72 Å². The quantitative estimate of drug-likeness (QED) is 0.886. The van der Waals surface area contributed by atoms with E-state index < -0.39 is 15.8 Å². The summed E-state index contributed by atoms with van der Waals surface area (Å²) in [5, 5.41) is 0. The molecule has 1 saturated heterocycles. The molecule has 1 aliphatic rings. The van der Waals surface area contributed by atoms with Crippen LogP contribution in [-0.2, 0) is 14.8 Å². The normalized spacial score (nSPS) is 15.2. The Balaban J connectivity index is 1.95. The lowest BCUT2D eigenvalue weighted by Crippen LogP contribution is -2.36. The molecule has 0 aliphatic carbocycles. The SMILES string of the molecule is Cc1cc(C)c(S(=O)(=O)Nc2cc(N3CCOCC3)ccc2F)c(C)c1. The third-order valence-corrected chi connectivity index (χ3v) is 6.11. The molecule has 0 radical (unpaired) electrons. The summed E-state index contributed by atoms with van der Waals surface area (Å²) in [5.74, 6) is -0.604. The summed E-state index contributed by atoms with van der Waals surface area (Å²) >= 11 is 0. The maximum atomic E-state index is 14.3. The minimum atomic E-state index is -3.89. The van der Waals surface area contributed by atoms with Crippen LogP contribution in [0.2, 0.25) is 0 Å². The molecule has 7 heteroatoms. The Kier molecular flexibility index (Phi) is 5.20. The molecule has 1 heterocycles. The van der Waals surface area contributed by atoms with E-state index in [0.29, 0.717) is 37.4 Å². The monoisotopic (exact) mass is 378 g/mol. The lowest BCUT2D eigenvalue weighted by atomic mass is 10.1. The van der Waals surface area contributed by atoms with Crippen LogP contribution in [0, 0.1) is 26.6 Å². The van der Waals surface area contributed by atoms with Crippen molar-refractivity contribution < 1.29 is 17.5 Å². The van der Waals surface area contributed by atoms with E-state index in [-0.39, 0.29) is 10.6 Å². The van der Waals surface area contributed by atoms with Crippen LogP contribution in [0.5, 0.6) is 0 Å². The number of nitrogens with one attached hydrogen (secondary N) is 1. The maximum Gasteiger partial charge on any atom is 0.262 e. The number of ether oxygens (including phenoxy) is 1. The van der Waals surface area contributed by atoms with Crippen molar-refractivity contribution in [3.63, 3.8) is 0 Å². The third-order valence-electron chi connectivity index (χ3n) is 4.44. The molecule has 3 rings (SSSR count). The number of hydrogen-bond donors (Lipinski definition) is 1. The van der Waals surface area contributed by atoms with Crippen molar-refractivity contribution in [3.05, 3.63) is 52.8 Å². The summed E-state index contributed by atoms with van der Waals surface area (Å²) in [7, 11) is -3.89. The Hall–Kier alpha value is -2.12. The van der Waals surface area contributed by atoms with Crippen molar-refractivity contribution >= 4 is 21.4 Å². The van der Waals surface area contributed by atoms with Gasteiger partial charge in [0.1, 0.15) is 5.82 Å². The number of halogens is 1. The van der Waals surface area contributed by atoms with Crippen molar-refractivity contribution in [2.24, 2.45) is 0 Å². The van der Waals surface area contributed by atoms with Crippen molar-refractivity contribution in [2.45, 2.75) is 25.7 Å². The first-order valence-corrected chi connectivity index (χ1v) is 9.99. The number of rotatable bonds is 4. The lowest BCUT2D eigenvalue weighted by Gasteiger charge is -2.29. The molecule has 1 N–H and O–H groups in total. The van der Waals surface area contributed by atoms with Crippen LogP contribution in [0.15, 0.2) is 35.2 Å². The number of nitrogens with zero attached hydrogens (tertiary/aromatic N) is 1. The van der Waals surface area contributed by atoms with E-state index in [0.717, 1.165) is 11.3 Å². The third kappa shape index (κ3) is 3.83. The molecule has 26 heavy (non-hydrogen) atoms. The smallest absolute Gasteiger partial charge is 0.262 e. The first kappa shape index (κ1) is 18.7. The van der Waals surface area contributed by atoms with Gasteiger partial charge in [0, 0.05) is 18.8 Å². The standard InChI is InChI=1S/C19H23FN2O3S/c1-13-10-14(2)19(15(3)11-13)26(23,24)21-18-12-16(4-5-17(18)20)22-6-8-25-9-7-22/h4-5,10-12,21H,6-9H2,1-3H3. The fourth-order valence-electron chi connectivity index (χ4n) is 3.40. The van der Waals surface area contributed by atoms with Crippen LogP contribution in [-0.4, -0.2) is 34.7 Å². The van der Waals surface area contributed by atoms with Gasteiger partial charge in [-0.05, 0) is 50.1 Å². The molecule has 0 aromatic heterocycles. The van der Waals surface area contributed by atoms with Gasteiger partial charge in [0.15, 0.2) is 0 Å². The zero-order valence-corrected chi connectivity index (χ0v) is 16.0. The minimum Gasteiger partial charge on any atom is -0.378 e. The molecular weight excluding hydrogens is 355 g/mol. The number of benzene rings is 2. The van der Waals surface area contributed by atoms with Crippen LogP contribution in [0.25, 0.3) is 0 Å². The fraction of sp³-hybridized carbons (Fsp3) is 0.368. The van der Waals surface area contributed by atoms with E-state index in [9.17, 15) is 12.8 Å². The molecule has 0 atom stereocenters. The molecule has 0 saturated carbocycles. The van der Waals surface area contributed by atoms with Gasteiger partial charge in [-0.3, -0.25) is 4.72 Å². The topological polar surface area (TPSA) is 58.6 Å². The number of hydrogen-bond acceptors (Lipinski definition) is 4. The van der Waals surface area contributed by atoms with E-state index >= 15 is 0 Å². The van der Waals surface area contributed by atoms with Crippen LogP contribution < -0.4 is 9.62 Å². The Morgan fingerprint density at radius 1 is 1.04 bits per heavy atom. The second kappa shape index (κ2) is 7.25. The molecular formula is C19H23FN2O3S. The highest BCUT2D eigenvalue weighted by atomic mass is 32.2. The van der Waals surface area contributed by atoms with Crippen LogP contribution in [0.4, 0.5) is 15.8 Å². The van der Waals surface area contributed by atoms with Crippen LogP contribution in [0.3, 0.4) is 0 Å². The summed E-state index contributed by atoms with van der Waals surface area (Å²) in [6, 6.07) is 8.10. The predicted molar refractivity (Wildman–Crippen MR) is 101 cm³/mol. The van der Waals surface area contributed by atoms with Crippen molar-refractivity contribution in [1.82, 2.24) is 0 Å². The summed E-state index contributed by atoms with van der Waals surface area (Å²) in [5.41, 5.74) is 2.98. The summed E-state index contributed by atoms with van der Waals surface area (Å²) in [6.45, 7) is 7.97.